The van der Waals surface area contributed by atoms with E-state index >= 15 is 0 Å². The van der Waals surface area contributed by atoms with E-state index in [1.165, 1.54) is 6.07 Å². The second kappa shape index (κ2) is 6.34. The van der Waals surface area contributed by atoms with Crippen molar-refractivity contribution in [2.24, 2.45) is 5.73 Å². The topological polar surface area (TPSA) is 72.2 Å². The fraction of sp³-hybridized carbons (Fsp3) is 0.300. The summed E-state index contributed by atoms with van der Waals surface area (Å²) in [6.07, 6.45) is 1.91. The minimum atomic E-state index is -3.54. The predicted molar refractivity (Wildman–Crippen MR) is 75.9 cm³/mol. The van der Waals surface area contributed by atoms with Crippen LogP contribution in [0.1, 0.15) is 5.56 Å². The fourth-order valence-electron chi connectivity index (χ4n) is 1.26. The molecule has 0 atom stereocenters. The van der Waals surface area contributed by atoms with Gasteiger partial charge in [0.05, 0.1) is 4.90 Å². The Bertz CT molecular complexity index is 500. The Kier molecular flexibility index (Phi) is 5.38. The zero-order valence-electron chi connectivity index (χ0n) is 9.34. The molecule has 0 fully saturated rings. The van der Waals surface area contributed by atoms with Crippen LogP contribution in [-0.4, -0.2) is 32.0 Å². The van der Waals surface area contributed by atoms with Crippen LogP contribution in [0.5, 0.6) is 0 Å². The van der Waals surface area contributed by atoms with Gasteiger partial charge in [-0.3, -0.25) is 0 Å². The molecule has 0 amide bonds. The summed E-state index contributed by atoms with van der Waals surface area (Å²) in [6, 6.07) is 6.45. The van der Waals surface area contributed by atoms with E-state index in [4.69, 9.17) is 18.0 Å². The van der Waals surface area contributed by atoms with E-state index in [1.807, 2.05) is 6.26 Å². The van der Waals surface area contributed by atoms with Crippen LogP contribution in [0.4, 0.5) is 0 Å². The normalized spacial score (nSPS) is 11.4. The van der Waals surface area contributed by atoms with Crippen molar-refractivity contribution in [3.05, 3.63) is 29.8 Å². The van der Waals surface area contributed by atoms with Crippen molar-refractivity contribution in [2.45, 2.75) is 4.90 Å². The van der Waals surface area contributed by atoms with Crippen LogP contribution in [0.15, 0.2) is 29.2 Å². The van der Waals surface area contributed by atoms with Crippen LogP contribution in [0.2, 0.25) is 0 Å². The summed E-state index contributed by atoms with van der Waals surface area (Å²) < 4.78 is 26.5. The molecule has 1 rings (SSSR count). The number of thiocarbonyl (C=S) groups is 1. The lowest BCUT2D eigenvalue weighted by atomic mass is 10.2. The van der Waals surface area contributed by atoms with Crippen molar-refractivity contribution in [3.63, 3.8) is 0 Å². The average Bonchev–Trinajstić information content (AvgIpc) is 2.29. The molecule has 0 unspecified atom stereocenters. The van der Waals surface area contributed by atoms with Crippen LogP contribution in [0, 0.1) is 0 Å². The van der Waals surface area contributed by atoms with Gasteiger partial charge in [0.15, 0.2) is 0 Å². The first kappa shape index (κ1) is 14.4. The number of hydrogen-bond acceptors (Lipinski definition) is 4. The number of hydrogen-bond donors (Lipinski definition) is 2. The molecule has 0 aliphatic heterocycles. The minimum absolute atomic E-state index is 0.0795. The van der Waals surface area contributed by atoms with E-state index in [-0.39, 0.29) is 9.88 Å². The molecule has 1 aromatic carbocycles. The van der Waals surface area contributed by atoms with Gasteiger partial charge in [0.1, 0.15) is 4.99 Å². The molecule has 0 radical (unpaired) electrons. The SMILES string of the molecule is CSCCNS(=O)(=O)c1ccccc1C(N)=S. The summed E-state index contributed by atoms with van der Waals surface area (Å²) in [6.45, 7) is 0.384. The van der Waals surface area contributed by atoms with Crippen molar-refractivity contribution in [2.75, 3.05) is 18.6 Å². The van der Waals surface area contributed by atoms with Crippen molar-refractivity contribution >= 4 is 39.0 Å². The van der Waals surface area contributed by atoms with Gasteiger partial charge in [0, 0.05) is 17.9 Å². The van der Waals surface area contributed by atoms with Crippen LogP contribution in [0.3, 0.4) is 0 Å². The molecule has 0 heterocycles. The van der Waals surface area contributed by atoms with E-state index in [0.717, 1.165) is 0 Å². The van der Waals surface area contributed by atoms with Gasteiger partial charge in [-0.05, 0) is 12.3 Å². The zero-order valence-corrected chi connectivity index (χ0v) is 11.8. The lowest BCUT2D eigenvalue weighted by Gasteiger charge is -2.09. The molecular weight excluding hydrogens is 276 g/mol. The molecule has 0 aliphatic rings. The third-order valence-electron chi connectivity index (χ3n) is 2.04. The highest BCUT2D eigenvalue weighted by Gasteiger charge is 2.18. The fourth-order valence-corrected chi connectivity index (χ4v) is 3.19. The number of thioether (sulfide) groups is 1. The second-order valence-electron chi connectivity index (χ2n) is 3.25. The molecule has 0 saturated heterocycles. The third-order valence-corrected chi connectivity index (χ3v) is 4.39. The molecule has 94 valence electrons. The molecule has 17 heavy (non-hydrogen) atoms. The first-order chi connectivity index (χ1) is 7.99. The van der Waals surface area contributed by atoms with Gasteiger partial charge in [-0.25, -0.2) is 13.1 Å². The van der Waals surface area contributed by atoms with Gasteiger partial charge < -0.3 is 5.73 Å². The number of rotatable bonds is 6. The third kappa shape index (κ3) is 3.95. The summed E-state index contributed by atoms with van der Waals surface area (Å²) in [4.78, 5) is 0.212. The van der Waals surface area contributed by atoms with Crippen molar-refractivity contribution in [1.29, 1.82) is 0 Å². The Morgan fingerprint density at radius 3 is 2.71 bits per heavy atom. The van der Waals surface area contributed by atoms with Crippen molar-refractivity contribution < 1.29 is 8.42 Å². The molecule has 4 nitrogen and oxygen atoms in total. The number of benzene rings is 1. The Morgan fingerprint density at radius 1 is 1.47 bits per heavy atom. The van der Waals surface area contributed by atoms with Gasteiger partial charge in [-0.15, -0.1) is 0 Å². The summed E-state index contributed by atoms with van der Waals surface area (Å²) in [7, 11) is -3.54. The number of nitrogens with two attached hydrogens (primary N) is 1. The average molecular weight is 290 g/mol. The van der Waals surface area contributed by atoms with E-state index < -0.39 is 10.0 Å². The maximum absolute atomic E-state index is 12.0. The highest BCUT2D eigenvalue weighted by molar-refractivity contribution is 7.98. The number of nitrogens with one attached hydrogen (secondary N) is 1. The Morgan fingerprint density at radius 2 is 2.12 bits per heavy atom. The van der Waals surface area contributed by atoms with E-state index in [0.29, 0.717) is 17.9 Å². The van der Waals surface area contributed by atoms with E-state index in [2.05, 4.69) is 4.72 Å². The second-order valence-corrected chi connectivity index (χ2v) is 6.41. The van der Waals surface area contributed by atoms with Gasteiger partial charge in [0.25, 0.3) is 0 Å². The molecule has 3 N–H and O–H groups in total. The zero-order chi connectivity index (χ0) is 12.9. The van der Waals surface area contributed by atoms with Gasteiger partial charge >= 0.3 is 0 Å². The standard InChI is InChI=1S/C10H14N2O2S3/c1-16-7-6-12-17(13,14)9-5-3-2-4-8(9)10(11)15/h2-5,12H,6-7H2,1H3,(H2,11,15). The first-order valence-corrected chi connectivity index (χ1v) is 8.15. The smallest absolute Gasteiger partial charge is 0.241 e. The van der Waals surface area contributed by atoms with E-state index in [1.54, 1.807) is 30.0 Å². The molecular formula is C10H14N2O2S3. The molecule has 0 bridgehead atoms. The van der Waals surface area contributed by atoms with E-state index in [9.17, 15) is 8.42 Å². The van der Waals surface area contributed by atoms with Crippen molar-refractivity contribution in [3.8, 4) is 0 Å². The Labute approximate surface area is 111 Å². The summed E-state index contributed by atoms with van der Waals surface area (Å²) in [5.41, 5.74) is 5.88. The van der Waals surface area contributed by atoms with Gasteiger partial charge in [-0.1, -0.05) is 30.4 Å². The lowest BCUT2D eigenvalue weighted by Crippen LogP contribution is -2.28. The van der Waals surface area contributed by atoms with Gasteiger partial charge in [-0.2, -0.15) is 11.8 Å². The maximum atomic E-state index is 12.0. The largest absolute Gasteiger partial charge is 0.389 e. The molecule has 0 aromatic heterocycles. The quantitative estimate of drug-likeness (QED) is 0.603. The lowest BCUT2D eigenvalue weighted by molar-refractivity contribution is 0.584. The molecule has 0 spiro atoms. The van der Waals surface area contributed by atoms with Crippen LogP contribution >= 0.6 is 24.0 Å². The first-order valence-electron chi connectivity index (χ1n) is 4.86. The molecule has 0 saturated carbocycles. The van der Waals surface area contributed by atoms with Crippen LogP contribution in [0.25, 0.3) is 0 Å². The van der Waals surface area contributed by atoms with Crippen LogP contribution < -0.4 is 10.5 Å². The number of sulfonamides is 1. The van der Waals surface area contributed by atoms with Crippen molar-refractivity contribution in [1.82, 2.24) is 4.72 Å². The van der Waals surface area contributed by atoms with Crippen LogP contribution in [-0.2, 0) is 10.0 Å². The van der Waals surface area contributed by atoms with Gasteiger partial charge in [0.2, 0.25) is 10.0 Å². The summed E-state index contributed by atoms with van der Waals surface area (Å²) in [5.74, 6) is 0.717. The summed E-state index contributed by atoms with van der Waals surface area (Å²) >= 11 is 6.41. The Balaban J connectivity index is 3.02. The highest BCUT2D eigenvalue weighted by atomic mass is 32.2. The monoisotopic (exact) mass is 290 g/mol. The molecule has 1 aromatic rings. The molecule has 0 aliphatic carbocycles. The minimum Gasteiger partial charge on any atom is -0.389 e. The maximum Gasteiger partial charge on any atom is 0.241 e. The Hall–Kier alpha value is -0.630. The predicted octanol–water partition coefficient (Wildman–Crippen LogP) is 0.962. The summed E-state index contributed by atoms with van der Waals surface area (Å²) in [5, 5.41) is 0. The highest BCUT2D eigenvalue weighted by Crippen LogP contribution is 2.14. The molecule has 7 heteroatoms.